The fraction of sp³-hybridized carbons (Fsp3) is 0.231. The van der Waals surface area contributed by atoms with E-state index in [-0.39, 0.29) is 42.4 Å². The molecule has 234 valence electrons. The molecule has 1 saturated heterocycles. The van der Waals surface area contributed by atoms with Gasteiger partial charge in [-0.3, -0.25) is 9.52 Å². The molecular weight excluding hydrogens is 662 g/mol. The summed E-state index contributed by atoms with van der Waals surface area (Å²) in [5.74, 6) is -0.715. The standard InChI is InChI=1S/C26H19ClF6N4O5S2/c27-17-5-6-19-20(11-17)35-24(34-19)21(7-13-1-3-14(4-2-13)22-12-23(38)37-44(22,41)42)36-43(39,40)18-9-15(25(28,29)30)8-16(10-18)26(31,32)33/h1-6,8-11,21-22,36H,7,12H2,(H,34,35)(H,37,38)/t21-,22?/m0/s1. The Morgan fingerprint density at radius 2 is 1.57 bits per heavy atom. The summed E-state index contributed by atoms with van der Waals surface area (Å²) in [4.78, 5) is 17.5. The quantitative estimate of drug-likeness (QED) is 0.223. The fourth-order valence-corrected chi connectivity index (χ4v) is 7.52. The van der Waals surface area contributed by atoms with Gasteiger partial charge in [0, 0.05) is 5.02 Å². The average Bonchev–Trinajstić information content (AvgIpc) is 3.45. The molecule has 1 unspecified atom stereocenters. The van der Waals surface area contributed by atoms with Crippen LogP contribution < -0.4 is 9.44 Å². The number of alkyl halides is 6. The van der Waals surface area contributed by atoms with Crippen molar-refractivity contribution in [1.82, 2.24) is 19.4 Å². The second kappa shape index (κ2) is 11.0. The van der Waals surface area contributed by atoms with Crippen LogP contribution in [0.4, 0.5) is 26.3 Å². The number of halogens is 7. The molecule has 1 aliphatic heterocycles. The van der Waals surface area contributed by atoms with Gasteiger partial charge in [0.1, 0.15) is 11.1 Å². The van der Waals surface area contributed by atoms with Crippen molar-refractivity contribution in [2.75, 3.05) is 0 Å². The fourth-order valence-electron chi connectivity index (χ4n) is 4.65. The number of aromatic nitrogens is 2. The molecule has 1 amide bonds. The van der Waals surface area contributed by atoms with Crippen molar-refractivity contribution in [1.29, 1.82) is 0 Å². The summed E-state index contributed by atoms with van der Waals surface area (Å²) < 4.78 is 136. The van der Waals surface area contributed by atoms with Crippen LogP contribution in [0.5, 0.6) is 0 Å². The molecule has 3 N–H and O–H groups in total. The molecule has 0 bridgehead atoms. The zero-order valence-electron chi connectivity index (χ0n) is 21.8. The van der Waals surface area contributed by atoms with Crippen molar-refractivity contribution >= 4 is 48.6 Å². The Labute approximate surface area is 250 Å². The summed E-state index contributed by atoms with van der Waals surface area (Å²) in [5, 5.41) is -0.846. The first kappa shape index (κ1) is 31.7. The molecule has 2 heterocycles. The first-order valence-electron chi connectivity index (χ1n) is 12.4. The SMILES string of the molecule is O=C1CC(c2ccc(C[C@H](NS(=O)(=O)c3cc(C(F)(F)F)cc(C(F)(F)F)c3)c3nc4ccc(Cl)cc4[nH]3)cc2)S(=O)(=O)N1. The van der Waals surface area contributed by atoms with Gasteiger partial charge in [-0.05, 0) is 53.9 Å². The van der Waals surface area contributed by atoms with E-state index in [4.69, 9.17) is 11.6 Å². The number of carbonyl (C=O) groups is 1. The van der Waals surface area contributed by atoms with Crippen molar-refractivity contribution in [3.8, 4) is 0 Å². The molecule has 1 fully saturated rings. The maximum Gasteiger partial charge on any atom is 0.416 e. The number of benzene rings is 3. The number of nitrogens with one attached hydrogen (secondary N) is 3. The third-order valence-corrected chi connectivity index (χ3v) is 10.1. The monoisotopic (exact) mass is 680 g/mol. The second-order valence-electron chi connectivity index (χ2n) is 9.91. The number of hydrogen-bond acceptors (Lipinski definition) is 6. The van der Waals surface area contributed by atoms with Crippen LogP contribution >= 0.6 is 11.6 Å². The van der Waals surface area contributed by atoms with E-state index in [0.717, 1.165) is 0 Å². The van der Waals surface area contributed by atoms with Crippen molar-refractivity contribution < 1.29 is 48.0 Å². The molecule has 1 aromatic heterocycles. The maximum atomic E-state index is 13.4. The topological polar surface area (TPSA) is 138 Å². The highest BCUT2D eigenvalue weighted by Crippen LogP contribution is 2.38. The number of fused-ring (bicyclic) bond motifs is 1. The van der Waals surface area contributed by atoms with Gasteiger partial charge in [0.2, 0.25) is 26.0 Å². The van der Waals surface area contributed by atoms with Gasteiger partial charge in [-0.15, -0.1) is 0 Å². The molecule has 0 saturated carbocycles. The molecule has 9 nitrogen and oxygen atoms in total. The molecular formula is C26H19ClF6N4O5S2. The summed E-state index contributed by atoms with van der Waals surface area (Å²) in [6.07, 6.45) is -11.1. The van der Waals surface area contributed by atoms with Crippen LogP contribution in [0.2, 0.25) is 5.02 Å². The van der Waals surface area contributed by atoms with E-state index in [1.165, 1.54) is 42.5 Å². The lowest BCUT2D eigenvalue weighted by atomic mass is 10.0. The smallest absolute Gasteiger partial charge is 0.341 e. The van der Waals surface area contributed by atoms with Gasteiger partial charge in [0.05, 0.1) is 39.5 Å². The van der Waals surface area contributed by atoms with Crippen LogP contribution in [0.1, 0.15) is 45.8 Å². The number of amides is 1. The Morgan fingerprint density at radius 3 is 2.11 bits per heavy atom. The van der Waals surface area contributed by atoms with Gasteiger partial charge in [-0.1, -0.05) is 35.9 Å². The van der Waals surface area contributed by atoms with E-state index < -0.39 is 65.6 Å². The van der Waals surface area contributed by atoms with Gasteiger partial charge in [0.15, 0.2) is 0 Å². The molecule has 44 heavy (non-hydrogen) atoms. The van der Waals surface area contributed by atoms with Gasteiger partial charge in [-0.25, -0.2) is 26.5 Å². The number of imidazole rings is 1. The van der Waals surface area contributed by atoms with Crippen LogP contribution in [0, 0.1) is 0 Å². The number of carbonyl (C=O) groups excluding carboxylic acids is 1. The third-order valence-electron chi connectivity index (χ3n) is 6.75. The summed E-state index contributed by atoms with van der Waals surface area (Å²) in [6, 6.07) is 8.84. The molecule has 0 spiro atoms. The van der Waals surface area contributed by atoms with Crippen LogP contribution in [0.15, 0.2) is 65.6 Å². The minimum Gasteiger partial charge on any atom is -0.341 e. The number of H-pyrrole nitrogens is 1. The van der Waals surface area contributed by atoms with E-state index in [0.29, 0.717) is 21.6 Å². The number of hydrogen-bond donors (Lipinski definition) is 3. The molecule has 5 rings (SSSR count). The highest BCUT2D eigenvalue weighted by atomic mass is 35.5. The van der Waals surface area contributed by atoms with Gasteiger partial charge in [-0.2, -0.15) is 26.3 Å². The molecule has 1 aliphatic rings. The predicted molar refractivity (Wildman–Crippen MR) is 145 cm³/mol. The van der Waals surface area contributed by atoms with Crippen LogP contribution in [-0.4, -0.2) is 32.7 Å². The Morgan fingerprint density at radius 1 is 0.955 bits per heavy atom. The summed E-state index contributed by atoms with van der Waals surface area (Å²) in [7, 11) is -8.99. The first-order chi connectivity index (χ1) is 20.3. The lowest BCUT2D eigenvalue weighted by molar-refractivity contribution is -0.143. The molecule has 18 heteroatoms. The van der Waals surface area contributed by atoms with Gasteiger partial charge < -0.3 is 4.98 Å². The summed E-state index contributed by atoms with van der Waals surface area (Å²) >= 11 is 6.01. The predicted octanol–water partition coefficient (Wildman–Crippen LogP) is 5.41. The zero-order valence-corrected chi connectivity index (χ0v) is 24.2. The highest BCUT2D eigenvalue weighted by molar-refractivity contribution is 7.90. The second-order valence-corrected chi connectivity index (χ2v) is 13.9. The minimum absolute atomic E-state index is 0.0360. The Bertz CT molecular complexity index is 1950. The van der Waals surface area contributed by atoms with Crippen LogP contribution in [0.3, 0.4) is 0 Å². The molecule has 0 aliphatic carbocycles. The molecule has 4 aromatic rings. The lowest BCUT2D eigenvalue weighted by Crippen LogP contribution is -2.31. The van der Waals surface area contributed by atoms with Crippen molar-refractivity contribution in [3.05, 3.63) is 93.8 Å². The lowest BCUT2D eigenvalue weighted by Gasteiger charge is -2.19. The van der Waals surface area contributed by atoms with Crippen molar-refractivity contribution in [2.24, 2.45) is 0 Å². The van der Waals surface area contributed by atoms with E-state index in [1.807, 2.05) is 4.72 Å². The van der Waals surface area contributed by atoms with Crippen LogP contribution in [0.25, 0.3) is 11.0 Å². The summed E-state index contributed by atoms with van der Waals surface area (Å²) in [5.41, 5.74) is -2.26. The number of rotatable bonds is 7. The van der Waals surface area contributed by atoms with Gasteiger partial charge >= 0.3 is 12.4 Å². The number of sulfonamides is 2. The van der Waals surface area contributed by atoms with Crippen molar-refractivity contribution in [2.45, 2.75) is 41.4 Å². The van der Waals surface area contributed by atoms with E-state index in [1.54, 1.807) is 0 Å². The number of aromatic amines is 1. The van der Waals surface area contributed by atoms with Crippen LogP contribution in [-0.2, 0) is 43.6 Å². The zero-order chi connectivity index (χ0) is 32.2. The highest BCUT2D eigenvalue weighted by Gasteiger charge is 2.39. The van der Waals surface area contributed by atoms with Crippen molar-refractivity contribution in [3.63, 3.8) is 0 Å². The number of nitrogens with zero attached hydrogens (tertiary/aromatic N) is 1. The largest absolute Gasteiger partial charge is 0.416 e. The normalized spacial score (nSPS) is 18.0. The Hall–Kier alpha value is -3.67. The summed E-state index contributed by atoms with van der Waals surface area (Å²) in [6.45, 7) is 0. The molecule has 0 radical (unpaired) electrons. The minimum atomic E-state index is -5.28. The van der Waals surface area contributed by atoms with E-state index in [2.05, 4.69) is 14.7 Å². The van der Waals surface area contributed by atoms with E-state index >= 15 is 0 Å². The Balaban J connectivity index is 1.53. The van der Waals surface area contributed by atoms with Gasteiger partial charge in [0.25, 0.3) is 0 Å². The average molecular weight is 681 g/mol. The first-order valence-corrected chi connectivity index (χ1v) is 15.8. The molecule has 2 atom stereocenters. The third kappa shape index (κ3) is 6.69. The molecule has 3 aromatic carbocycles. The van der Waals surface area contributed by atoms with E-state index in [9.17, 15) is 48.0 Å². The Kier molecular flexibility index (Phi) is 7.97. The maximum absolute atomic E-state index is 13.4.